The fraction of sp³-hybridized carbons (Fsp3) is 0.462. The summed E-state index contributed by atoms with van der Waals surface area (Å²) in [5, 5.41) is 2.54. The number of carbonyl (C=O) groups excluding carboxylic acids is 1. The first-order valence-corrected chi connectivity index (χ1v) is 7.53. The molecule has 7 heteroatoms. The van der Waals surface area contributed by atoms with Crippen molar-refractivity contribution >= 4 is 21.6 Å². The van der Waals surface area contributed by atoms with E-state index in [0.717, 1.165) is 0 Å². The fourth-order valence-electron chi connectivity index (χ4n) is 1.63. The van der Waals surface area contributed by atoms with Crippen LogP contribution in [0, 0.1) is 0 Å². The predicted octanol–water partition coefficient (Wildman–Crippen LogP) is 1.73. The lowest BCUT2D eigenvalue weighted by Crippen LogP contribution is -2.40. The largest absolute Gasteiger partial charge is 0.495 e. The minimum absolute atomic E-state index is 0.0128. The summed E-state index contributed by atoms with van der Waals surface area (Å²) in [6.45, 7) is 6.59. The van der Waals surface area contributed by atoms with E-state index in [1.165, 1.54) is 26.2 Å². The van der Waals surface area contributed by atoms with Gasteiger partial charge in [-0.2, -0.15) is 0 Å². The molecule has 0 atom stereocenters. The number of benzene rings is 1. The van der Waals surface area contributed by atoms with Crippen LogP contribution in [0.3, 0.4) is 0 Å². The molecule has 0 radical (unpaired) electrons. The third-order valence-electron chi connectivity index (χ3n) is 2.21. The zero-order chi connectivity index (χ0) is 15.6. The number of sulfonamides is 1. The number of ether oxygens (including phenoxy) is 1. The van der Waals surface area contributed by atoms with Crippen LogP contribution in [0.5, 0.6) is 5.75 Å². The van der Waals surface area contributed by atoms with E-state index in [2.05, 4.69) is 10.0 Å². The molecule has 1 aromatic carbocycles. The van der Waals surface area contributed by atoms with E-state index in [9.17, 15) is 13.2 Å². The van der Waals surface area contributed by atoms with Crippen LogP contribution in [0.15, 0.2) is 23.1 Å². The average molecular weight is 300 g/mol. The summed E-state index contributed by atoms with van der Waals surface area (Å²) >= 11 is 0. The van der Waals surface area contributed by atoms with Gasteiger partial charge in [-0.15, -0.1) is 0 Å². The van der Waals surface area contributed by atoms with E-state index in [1.807, 2.05) is 0 Å². The maximum absolute atomic E-state index is 12.4. The minimum atomic E-state index is -3.75. The Balaban J connectivity index is 3.30. The molecule has 112 valence electrons. The van der Waals surface area contributed by atoms with Crippen molar-refractivity contribution in [1.29, 1.82) is 0 Å². The standard InChI is InChI=1S/C13H20N2O4S/c1-9(16)14-10-6-7-11(19-5)12(8-10)20(17,18)15-13(2,3)4/h6-8,15H,1-5H3,(H,14,16). The Morgan fingerprint density at radius 1 is 1.25 bits per heavy atom. The number of nitrogens with one attached hydrogen (secondary N) is 2. The number of hydrogen-bond donors (Lipinski definition) is 2. The number of rotatable bonds is 4. The van der Waals surface area contributed by atoms with Gasteiger partial charge in [0.25, 0.3) is 0 Å². The van der Waals surface area contributed by atoms with E-state index in [1.54, 1.807) is 26.8 Å². The molecule has 0 aliphatic heterocycles. The van der Waals surface area contributed by atoms with Crippen LogP contribution in [0.2, 0.25) is 0 Å². The van der Waals surface area contributed by atoms with Crippen LogP contribution < -0.4 is 14.8 Å². The molecular weight excluding hydrogens is 280 g/mol. The van der Waals surface area contributed by atoms with Gasteiger partial charge in [0.15, 0.2) is 0 Å². The summed E-state index contributed by atoms with van der Waals surface area (Å²) in [6.07, 6.45) is 0. The van der Waals surface area contributed by atoms with Gasteiger partial charge in [-0.25, -0.2) is 13.1 Å². The van der Waals surface area contributed by atoms with Gasteiger partial charge in [-0.3, -0.25) is 4.79 Å². The first-order valence-electron chi connectivity index (χ1n) is 6.05. The number of hydrogen-bond acceptors (Lipinski definition) is 4. The second-order valence-electron chi connectivity index (χ2n) is 5.40. The molecule has 1 aromatic rings. The third kappa shape index (κ3) is 4.50. The number of carbonyl (C=O) groups is 1. The monoisotopic (exact) mass is 300 g/mol. The third-order valence-corrected chi connectivity index (χ3v) is 3.99. The van der Waals surface area contributed by atoms with Gasteiger partial charge >= 0.3 is 0 Å². The molecule has 0 saturated heterocycles. The fourth-order valence-corrected chi connectivity index (χ4v) is 3.24. The van der Waals surface area contributed by atoms with E-state index in [4.69, 9.17) is 4.74 Å². The van der Waals surface area contributed by atoms with Gasteiger partial charge in [0.1, 0.15) is 10.6 Å². The second-order valence-corrected chi connectivity index (χ2v) is 7.05. The highest BCUT2D eigenvalue weighted by Gasteiger charge is 2.25. The Hall–Kier alpha value is -1.60. The van der Waals surface area contributed by atoms with Crippen molar-refractivity contribution in [3.63, 3.8) is 0 Å². The molecule has 20 heavy (non-hydrogen) atoms. The van der Waals surface area contributed by atoms with Gasteiger partial charge in [0.05, 0.1) is 7.11 Å². The Labute approximate surface area is 119 Å². The molecular formula is C13H20N2O4S. The van der Waals surface area contributed by atoms with E-state index in [-0.39, 0.29) is 16.6 Å². The molecule has 0 aliphatic rings. The lowest BCUT2D eigenvalue weighted by Gasteiger charge is -2.21. The van der Waals surface area contributed by atoms with E-state index < -0.39 is 15.6 Å². The second kappa shape index (κ2) is 5.80. The summed E-state index contributed by atoms with van der Waals surface area (Å²) in [5.41, 5.74) is -0.221. The normalized spacial score (nSPS) is 12.1. The van der Waals surface area contributed by atoms with Crippen molar-refractivity contribution in [2.45, 2.75) is 38.1 Å². The Morgan fingerprint density at radius 3 is 2.30 bits per heavy atom. The molecule has 0 fully saturated rings. The molecule has 2 N–H and O–H groups in total. The van der Waals surface area contributed by atoms with Crippen molar-refractivity contribution in [2.75, 3.05) is 12.4 Å². The number of methoxy groups -OCH3 is 1. The Morgan fingerprint density at radius 2 is 1.85 bits per heavy atom. The molecule has 1 rings (SSSR count). The van der Waals surface area contributed by atoms with Crippen LogP contribution in [0.25, 0.3) is 0 Å². The SMILES string of the molecule is COc1ccc(NC(C)=O)cc1S(=O)(=O)NC(C)(C)C. The molecule has 0 spiro atoms. The van der Waals surface area contributed by atoms with Gasteiger partial charge in [-0.1, -0.05) is 0 Å². The van der Waals surface area contributed by atoms with Gasteiger partial charge in [0.2, 0.25) is 15.9 Å². The number of amides is 1. The molecule has 1 amide bonds. The summed E-state index contributed by atoms with van der Waals surface area (Å²) in [7, 11) is -2.35. The highest BCUT2D eigenvalue weighted by Crippen LogP contribution is 2.27. The maximum Gasteiger partial charge on any atom is 0.244 e. The Bertz CT molecular complexity index is 603. The zero-order valence-electron chi connectivity index (χ0n) is 12.3. The highest BCUT2D eigenvalue weighted by atomic mass is 32.2. The Kier molecular flexibility index (Phi) is 4.77. The number of anilines is 1. The van der Waals surface area contributed by atoms with Crippen molar-refractivity contribution in [3.05, 3.63) is 18.2 Å². The molecule has 0 saturated carbocycles. The lowest BCUT2D eigenvalue weighted by molar-refractivity contribution is -0.114. The molecule has 0 heterocycles. The molecule has 0 aliphatic carbocycles. The summed E-state index contributed by atoms with van der Waals surface area (Å²) in [6, 6.07) is 4.45. The maximum atomic E-state index is 12.4. The molecule has 0 unspecified atom stereocenters. The highest BCUT2D eigenvalue weighted by molar-refractivity contribution is 7.89. The molecule has 0 bridgehead atoms. The van der Waals surface area contributed by atoms with Crippen LogP contribution >= 0.6 is 0 Å². The smallest absolute Gasteiger partial charge is 0.244 e. The van der Waals surface area contributed by atoms with Gasteiger partial charge in [-0.05, 0) is 39.0 Å². The van der Waals surface area contributed by atoms with Crippen LogP contribution in [0.4, 0.5) is 5.69 Å². The molecule has 0 aromatic heterocycles. The first-order chi connectivity index (χ1) is 9.05. The van der Waals surface area contributed by atoms with Crippen molar-refractivity contribution in [2.24, 2.45) is 0 Å². The average Bonchev–Trinajstić information content (AvgIpc) is 2.25. The lowest BCUT2D eigenvalue weighted by atomic mass is 10.1. The summed E-state index contributed by atoms with van der Waals surface area (Å²) < 4.78 is 32.3. The van der Waals surface area contributed by atoms with Crippen LogP contribution in [-0.4, -0.2) is 27.0 Å². The van der Waals surface area contributed by atoms with Crippen LogP contribution in [0.1, 0.15) is 27.7 Å². The summed E-state index contributed by atoms with van der Waals surface area (Å²) in [5.74, 6) is -0.0573. The minimum Gasteiger partial charge on any atom is -0.495 e. The van der Waals surface area contributed by atoms with Gasteiger partial charge < -0.3 is 10.1 Å². The molecule has 6 nitrogen and oxygen atoms in total. The van der Waals surface area contributed by atoms with Crippen LogP contribution in [-0.2, 0) is 14.8 Å². The van der Waals surface area contributed by atoms with Crippen molar-refractivity contribution in [1.82, 2.24) is 4.72 Å². The van der Waals surface area contributed by atoms with Gasteiger partial charge in [0, 0.05) is 18.2 Å². The quantitative estimate of drug-likeness (QED) is 0.887. The van der Waals surface area contributed by atoms with E-state index >= 15 is 0 Å². The zero-order valence-corrected chi connectivity index (χ0v) is 13.1. The predicted molar refractivity (Wildman–Crippen MR) is 77.4 cm³/mol. The topological polar surface area (TPSA) is 84.5 Å². The van der Waals surface area contributed by atoms with Crippen molar-refractivity contribution in [3.8, 4) is 5.75 Å². The first kappa shape index (κ1) is 16.5. The van der Waals surface area contributed by atoms with Crippen molar-refractivity contribution < 1.29 is 17.9 Å². The van der Waals surface area contributed by atoms with E-state index in [0.29, 0.717) is 5.69 Å². The summed E-state index contributed by atoms with van der Waals surface area (Å²) in [4.78, 5) is 11.0.